The van der Waals surface area contributed by atoms with Crippen LogP contribution in [0.4, 0.5) is 0 Å². The maximum Gasteiger partial charge on any atom is 0.120 e. The van der Waals surface area contributed by atoms with Crippen molar-refractivity contribution >= 4 is 42.8 Å². The summed E-state index contributed by atoms with van der Waals surface area (Å²) >= 11 is 7.28. The van der Waals surface area contributed by atoms with Gasteiger partial charge < -0.3 is 14.8 Å². The Balaban J connectivity index is 1.57. The van der Waals surface area contributed by atoms with E-state index >= 15 is 0 Å². The van der Waals surface area contributed by atoms with E-state index in [4.69, 9.17) is 9.84 Å². The molecule has 7 heteroatoms. The van der Waals surface area contributed by atoms with E-state index in [1.807, 2.05) is 65.3 Å². The summed E-state index contributed by atoms with van der Waals surface area (Å²) in [6.45, 7) is 0.174. The number of para-hydroxylation sites is 2. The molecule has 192 valence electrons. The Morgan fingerprint density at radius 3 is 2.38 bits per heavy atom. The highest BCUT2D eigenvalue weighted by Crippen LogP contribution is 2.47. The van der Waals surface area contributed by atoms with Gasteiger partial charge in [-0.3, -0.25) is 0 Å². The molecule has 6 aromatic rings. The highest BCUT2D eigenvalue weighted by molar-refractivity contribution is 9.10. The molecule has 1 aliphatic heterocycles. The van der Waals surface area contributed by atoms with Gasteiger partial charge in [0.2, 0.25) is 0 Å². The summed E-state index contributed by atoms with van der Waals surface area (Å²) in [7, 11) is 0. The third kappa shape index (κ3) is 4.26. The van der Waals surface area contributed by atoms with Crippen LogP contribution in [0, 0.1) is 0 Å². The molecule has 5 nitrogen and oxygen atoms in total. The summed E-state index contributed by atoms with van der Waals surface area (Å²) in [4.78, 5) is 3.67. The number of nitrogens with one attached hydrogen (secondary N) is 1. The SMILES string of the molecule is O[C@@H]1CO[C@@H](c2cccc(Br)c2)c2c(-c3[nH]c4ccccc4c3-c3cccc(Br)c3)nn(-c3ccccc3)c21. The van der Waals surface area contributed by atoms with Crippen molar-refractivity contribution in [2.75, 3.05) is 6.61 Å². The van der Waals surface area contributed by atoms with Gasteiger partial charge >= 0.3 is 0 Å². The first-order chi connectivity index (χ1) is 19.1. The number of aromatic nitrogens is 3. The van der Waals surface area contributed by atoms with Gasteiger partial charge in [0.1, 0.15) is 17.9 Å². The zero-order valence-corrected chi connectivity index (χ0v) is 23.9. The molecule has 0 spiro atoms. The molecule has 2 atom stereocenters. The van der Waals surface area contributed by atoms with Gasteiger partial charge in [0.15, 0.2) is 0 Å². The Morgan fingerprint density at radius 2 is 1.59 bits per heavy atom. The minimum absolute atomic E-state index is 0.174. The van der Waals surface area contributed by atoms with Gasteiger partial charge in [0.05, 0.1) is 23.7 Å². The first-order valence-electron chi connectivity index (χ1n) is 12.7. The Labute approximate surface area is 242 Å². The molecular formula is C32H23Br2N3O2. The fraction of sp³-hybridized carbons (Fsp3) is 0.0938. The Hall–Kier alpha value is -3.49. The molecule has 0 saturated carbocycles. The topological polar surface area (TPSA) is 63.1 Å². The van der Waals surface area contributed by atoms with E-state index < -0.39 is 12.2 Å². The zero-order valence-electron chi connectivity index (χ0n) is 20.7. The molecule has 2 aromatic heterocycles. The number of H-pyrrole nitrogens is 1. The number of benzene rings is 4. The summed E-state index contributed by atoms with van der Waals surface area (Å²) in [6, 6.07) is 34.7. The van der Waals surface area contributed by atoms with E-state index in [0.29, 0.717) is 0 Å². The summed E-state index contributed by atoms with van der Waals surface area (Å²) in [5.41, 5.74) is 8.25. The molecule has 0 amide bonds. The number of aliphatic hydroxyl groups is 1. The molecule has 4 aromatic carbocycles. The Kier molecular flexibility index (Phi) is 6.24. The summed E-state index contributed by atoms with van der Waals surface area (Å²) < 4.78 is 10.2. The highest BCUT2D eigenvalue weighted by Gasteiger charge is 2.37. The zero-order chi connectivity index (χ0) is 26.5. The van der Waals surface area contributed by atoms with Crippen molar-refractivity contribution in [1.82, 2.24) is 14.8 Å². The van der Waals surface area contributed by atoms with Gasteiger partial charge in [-0.05, 0) is 53.6 Å². The van der Waals surface area contributed by atoms with Crippen molar-refractivity contribution in [3.8, 4) is 28.2 Å². The van der Waals surface area contributed by atoms with Gasteiger partial charge in [0.25, 0.3) is 0 Å². The van der Waals surface area contributed by atoms with Crippen LogP contribution in [-0.4, -0.2) is 26.5 Å². The highest BCUT2D eigenvalue weighted by atomic mass is 79.9. The van der Waals surface area contributed by atoms with Crippen molar-refractivity contribution in [3.05, 3.63) is 129 Å². The molecule has 3 heterocycles. The molecule has 0 aliphatic carbocycles. The molecule has 0 unspecified atom stereocenters. The van der Waals surface area contributed by atoms with Crippen molar-refractivity contribution in [2.24, 2.45) is 0 Å². The second kappa shape index (κ2) is 9.92. The van der Waals surface area contributed by atoms with Crippen molar-refractivity contribution in [3.63, 3.8) is 0 Å². The molecule has 1 aliphatic rings. The number of hydrogen-bond acceptors (Lipinski definition) is 3. The van der Waals surface area contributed by atoms with Crippen LogP contribution in [0.5, 0.6) is 0 Å². The van der Waals surface area contributed by atoms with Crippen LogP contribution in [-0.2, 0) is 4.74 Å². The summed E-state index contributed by atoms with van der Waals surface area (Å²) in [5.74, 6) is 0. The first kappa shape index (κ1) is 24.5. The van der Waals surface area contributed by atoms with E-state index in [0.717, 1.165) is 64.9 Å². The molecule has 39 heavy (non-hydrogen) atoms. The van der Waals surface area contributed by atoms with E-state index in [-0.39, 0.29) is 6.61 Å². The van der Waals surface area contributed by atoms with Crippen LogP contribution in [0.1, 0.15) is 29.0 Å². The average Bonchev–Trinajstić information content (AvgIpc) is 3.54. The lowest BCUT2D eigenvalue weighted by Gasteiger charge is -2.28. The minimum atomic E-state index is -0.830. The first-order valence-corrected chi connectivity index (χ1v) is 14.3. The molecule has 0 saturated heterocycles. The Bertz CT molecular complexity index is 1830. The van der Waals surface area contributed by atoms with Crippen LogP contribution in [0.3, 0.4) is 0 Å². The maximum absolute atomic E-state index is 11.3. The van der Waals surface area contributed by atoms with E-state index in [1.165, 1.54) is 0 Å². The number of nitrogens with zero attached hydrogens (tertiary/aromatic N) is 2. The fourth-order valence-corrected chi connectivity index (χ4v) is 6.33. The second-order valence-electron chi connectivity index (χ2n) is 9.61. The number of rotatable bonds is 4. The van der Waals surface area contributed by atoms with Gasteiger partial charge in [0, 0.05) is 31.0 Å². The van der Waals surface area contributed by atoms with E-state index in [1.54, 1.807) is 0 Å². The number of aromatic amines is 1. The van der Waals surface area contributed by atoms with Crippen molar-refractivity contribution in [1.29, 1.82) is 0 Å². The normalized spacial score (nSPS) is 16.9. The minimum Gasteiger partial charge on any atom is -0.384 e. The third-order valence-corrected chi connectivity index (χ3v) is 8.15. The molecule has 0 fully saturated rings. The molecule has 7 rings (SSSR count). The predicted octanol–water partition coefficient (Wildman–Crippen LogP) is 8.37. The van der Waals surface area contributed by atoms with E-state index in [2.05, 4.69) is 79.3 Å². The van der Waals surface area contributed by atoms with Crippen LogP contribution in [0.15, 0.2) is 112 Å². The lowest BCUT2D eigenvalue weighted by Crippen LogP contribution is -2.23. The number of halogens is 2. The van der Waals surface area contributed by atoms with Crippen LogP contribution < -0.4 is 0 Å². The lowest BCUT2D eigenvalue weighted by molar-refractivity contribution is -0.0161. The fourth-order valence-electron chi connectivity index (χ4n) is 5.52. The molecule has 0 radical (unpaired) electrons. The van der Waals surface area contributed by atoms with Gasteiger partial charge in [-0.1, -0.05) is 92.5 Å². The number of hydrogen-bond donors (Lipinski definition) is 2. The average molecular weight is 641 g/mol. The predicted molar refractivity (Wildman–Crippen MR) is 161 cm³/mol. The van der Waals surface area contributed by atoms with Crippen molar-refractivity contribution < 1.29 is 9.84 Å². The maximum atomic E-state index is 11.3. The largest absolute Gasteiger partial charge is 0.384 e. The third-order valence-electron chi connectivity index (χ3n) is 7.17. The van der Waals surface area contributed by atoms with Gasteiger partial charge in [-0.15, -0.1) is 0 Å². The van der Waals surface area contributed by atoms with Crippen molar-refractivity contribution in [2.45, 2.75) is 12.2 Å². The van der Waals surface area contributed by atoms with Gasteiger partial charge in [-0.2, -0.15) is 5.10 Å². The number of fused-ring (bicyclic) bond motifs is 2. The van der Waals surface area contributed by atoms with E-state index in [9.17, 15) is 5.11 Å². The van der Waals surface area contributed by atoms with Gasteiger partial charge in [-0.25, -0.2) is 4.68 Å². The summed E-state index contributed by atoms with van der Waals surface area (Å²) in [6.07, 6.45) is -1.24. The summed E-state index contributed by atoms with van der Waals surface area (Å²) in [5, 5.41) is 17.6. The Morgan fingerprint density at radius 1 is 0.846 bits per heavy atom. The van der Waals surface area contributed by atoms with Crippen LogP contribution in [0.2, 0.25) is 0 Å². The molecule has 2 N–H and O–H groups in total. The number of ether oxygens (including phenoxy) is 1. The second-order valence-corrected chi connectivity index (χ2v) is 11.4. The van der Waals surface area contributed by atoms with Crippen LogP contribution >= 0.6 is 31.9 Å². The van der Waals surface area contributed by atoms with Crippen LogP contribution in [0.25, 0.3) is 39.1 Å². The number of aliphatic hydroxyl groups excluding tert-OH is 1. The molecule has 0 bridgehead atoms. The smallest absolute Gasteiger partial charge is 0.120 e. The lowest BCUT2D eigenvalue weighted by atomic mass is 9.91. The quantitative estimate of drug-likeness (QED) is 0.203. The molecular weight excluding hydrogens is 618 g/mol. The monoisotopic (exact) mass is 639 g/mol. The standard InChI is InChI=1S/C32H23Br2N3O2/c33-21-10-6-8-19(16-21)27-24-14-4-5-15-25(24)35-29(27)30-28-31(37(36-30)23-12-2-1-3-13-23)26(38)18-39-32(28)20-9-7-11-22(34)17-20/h1-17,26,32,35,38H,18H2/t26-,32+/m1/s1.